The molecule has 3 N–H and O–H groups in total. The Morgan fingerprint density at radius 2 is 1.76 bits per heavy atom. The molecule has 0 saturated heterocycles. The molecule has 10 heteroatoms. The number of rotatable bonds is 11. The first-order valence-electron chi connectivity index (χ1n) is 12.8. The van der Waals surface area contributed by atoms with Crippen molar-refractivity contribution in [3.05, 3.63) is 84.6 Å². The minimum Gasteiger partial charge on any atom is -0.395 e. The van der Waals surface area contributed by atoms with Crippen LogP contribution in [0.1, 0.15) is 44.6 Å². The van der Waals surface area contributed by atoms with Crippen LogP contribution in [0.25, 0.3) is 11.3 Å². The topological polar surface area (TPSA) is 128 Å². The number of nitrogens with zero attached hydrogens (tertiary/aromatic N) is 7. The SMILES string of the molecule is CC(C)(C)[C@H](c1nc(-c2ccccc2)cn1Cc1ccccc1)N(CC[C@@H](N)CO)C(=O)Cn1ncnn1. The number of carbonyl (C=O) groups excluding carboxylic acids is 1. The van der Waals surface area contributed by atoms with Gasteiger partial charge in [0.2, 0.25) is 5.91 Å². The molecule has 38 heavy (non-hydrogen) atoms. The molecule has 0 aliphatic heterocycles. The lowest BCUT2D eigenvalue weighted by atomic mass is 9.84. The summed E-state index contributed by atoms with van der Waals surface area (Å²) in [5.74, 6) is 0.598. The van der Waals surface area contributed by atoms with E-state index in [2.05, 4.69) is 59.1 Å². The highest BCUT2D eigenvalue weighted by Crippen LogP contribution is 2.39. The first kappa shape index (κ1) is 27.2. The second kappa shape index (κ2) is 12.1. The maximum Gasteiger partial charge on any atom is 0.246 e. The molecule has 0 radical (unpaired) electrons. The van der Waals surface area contributed by atoms with Crippen LogP contribution in [0.2, 0.25) is 0 Å². The summed E-state index contributed by atoms with van der Waals surface area (Å²) in [4.78, 5) is 22.0. The quantitative estimate of drug-likeness (QED) is 0.314. The number of amides is 1. The molecule has 2 heterocycles. The molecule has 0 fully saturated rings. The predicted molar refractivity (Wildman–Crippen MR) is 145 cm³/mol. The highest BCUT2D eigenvalue weighted by molar-refractivity contribution is 5.76. The number of nitrogens with two attached hydrogens (primary N) is 1. The molecule has 2 aromatic heterocycles. The minimum absolute atomic E-state index is 0.0636. The van der Waals surface area contributed by atoms with Gasteiger partial charge in [0.15, 0.2) is 6.33 Å². The zero-order chi connectivity index (χ0) is 27.1. The minimum atomic E-state index is -0.445. The zero-order valence-electron chi connectivity index (χ0n) is 22.2. The summed E-state index contributed by atoms with van der Waals surface area (Å²) in [5, 5.41) is 21.2. The van der Waals surface area contributed by atoms with Gasteiger partial charge in [-0.1, -0.05) is 81.4 Å². The van der Waals surface area contributed by atoms with Crippen LogP contribution in [0.3, 0.4) is 0 Å². The molecule has 0 saturated carbocycles. The Bertz CT molecular complexity index is 1280. The van der Waals surface area contributed by atoms with Crippen molar-refractivity contribution in [2.75, 3.05) is 13.2 Å². The summed E-state index contributed by atoms with van der Waals surface area (Å²) in [6, 6.07) is 19.4. The van der Waals surface area contributed by atoms with Gasteiger partial charge in [0.25, 0.3) is 0 Å². The molecule has 4 rings (SSSR count). The van der Waals surface area contributed by atoms with Gasteiger partial charge < -0.3 is 20.3 Å². The lowest BCUT2D eigenvalue weighted by molar-refractivity contribution is -0.138. The van der Waals surface area contributed by atoms with Gasteiger partial charge in [-0.05, 0) is 22.6 Å². The second-order valence-corrected chi connectivity index (χ2v) is 10.5. The molecule has 0 unspecified atom stereocenters. The van der Waals surface area contributed by atoms with Crippen LogP contribution in [0, 0.1) is 5.41 Å². The predicted octanol–water partition coefficient (Wildman–Crippen LogP) is 2.91. The van der Waals surface area contributed by atoms with Gasteiger partial charge in [-0.2, -0.15) is 4.80 Å². The molecule has 1 amide bonds. The molecule has 10 nitrogen and oxygen atoms in total. The maximum absolute atomic E-state index is 13.8. The standard InChI is InChI=1S/C28H36N8O2/c1-28(2,3)26(35(15-14-23(29)19-37)25(38)18-36-31-20-30-33-36)27-32-24(22-12-8-5-9-13-22)17-34(27)16-21-10-6-4-7-11-21/h4-13,17,20,23,26,37H,14-16,18-19,29H2,1-3H3/t23-,26+/m1/s1. The van der Waals surface area contributed by atoms with E-state index in [4.69, 9.17) is 10.7 Å². The molecule has 0 spiro atoms. The van der Waals surface area contributed by atoms with Gasteiger partial charge >= 0.3 is 0 Å². The molecule has 0 aliphatic carbocycles. The maximum atomic E-state index is 13.8. The van der Waals surface area contributed by atoms with E-state index in [-0.39, 0.29) is 24.5 Å². The van der Waals surface area contributed by atoms with E-state index in [1.807, 2.05) is 48.5 Å². The Hall–Kier alpha value is -3.89. The van der Waals surface area contributed by atoms with Gasteiger partial charge in [-0.15, -0.1) is 10.2 Å². The number of hydrogen-bond acceptors (Lipinski definition) is 7. The van der Waals surface area contributed by atoms with E-state index >= 15 is 0 Å². The van der Waals surface area contributed by atoms with Gasteiger partial charge in [0, 0.05) is 30.9 Å². The number of aliphatic hydroxyl groups is 1. The lowest BCUT2D eigenvalue weighted by Crippen LogP contribution is -2.46. The third kappa shape index (κ3) is 6.70. The monoisotopic (exact) mass is 516 g/mol. The van der Waals surface area contributed by atoms with Crippen molar-refractivity contribution in [2.24, 2.45) is 11.1 Å². The molecule has 0 bridgehead atoms. The molecule has 2 atom stereocenters. The van der Waals surface area contributed by atoms with Crippen LogP contribution in [-0.4, -0.2) is 64.9 Å². The Morgan fingerprint density at radius 1 is 1.08 bits per heavy atom. The number of imidazole rings is 1. The zero-order valence-corrected chi connectivity index (χ0v) is 22.2. The number of hydrogen-bond donors (Lipinski definition) is 2. The molecule has 2 aromatic carbocycles. The summed E-state index contributed by atoms with van der Waals surface area (Å²) in [5.41, 5.74) is 8.65. The summed E-state index contributed by atoms with van der Waals surface area (Å²) in [6.07, 6.45) is 3.79. The first-order valence-corrected chi connectivity index (χ1v) is 12.8. The Balaban J connectivity index is 1.81. The molecule has 4 aromatic rings. The normalized spacial score (nSPS) is 13.3. The van der Waals surface area contributed by atoms with Crippen molar-refractivity contribution in [3.63, 3.8) is 0 Å². The van der Waals surface area contributed by atoms with Crippen LogP contribution in [0.5, 0.6) is 0 Å². The van der Waals surface area contributed by atoms with Gasteiger partial charge in [-0.25, -0.2) is 4.98 Å². The van der Waals surface area contributed by atoms with Crippen LogP contribution in [0.15, 0.2) is 73.2 Å². The largest absolute Gasteiger partial charge is 0.395 e. The Kier molecular flexibility index (Phi) is 8.65. The first-order chi connectivity index (χ1) is 18.3. The fourth-order valence-corrected chi connectivity index (χ4v) is 4.56. The number of aliphatic hydroxyl groups excluding tert-OH is 1. The Labute approximate surface area is 223 Å². The summed E-state index contributed by atoms with van der Waals surface area (Å²) >= 11 is 0. The smallest absolute Gasteiger partial charge is 0.246 e. The number of benzene rings is 2. The van der Waals surface area contributed by atoms with Crippen molar-refractivity contribution in [2.45, 2.75) is 52.4 Å². The lowest BCUT2D eigenvalue weighted by Gasteiger charge is -2.40. The highest BCUT2D eigenvalue weighted by Gasteiger charge is 2.38. The molecule has 0 aliphatic rings. The summed E-state index contributed by atoms with van der Waals surface area (Å²) in [7, 11) is 0. The van der Waals surface area contributed by atoms with Crippen LogP contribution >= 0.6 is 0 Å². The molecule has 200 valence electrons. The van der Waals surface area contributed by atoms with Crippen molar-refractivity contribution in [1.29, 1.82) is 0 Å². The van der Waals surface area contributed by atoms with E-state index in [0.29, 0.717) is 19.5 Å². The van der Waals surface area contributed by atoms with E-state index in [9.17, 15) is 9.90 Å². The number of aromatic nitrogens is 6. The highest BCUT2D eigenvalue weighted by atomic mass is 16.3. The van der Waals surface area contributed by atoms with E-state index in [1.54, 1.807) is 4.90 Å². The van der Waals surface area contributed by atoms with Crippen molar-refractivity contribution >= 4 is 5.91 Å². The van der Waals surface area contributed by atoms with Crippen LogP contribution < -0.4 is 5.73 Å². The second-order valence-electron chi connectivity index (χ2n) is 10.5. The van der Waals surface area contributed by atoms with Crippen molar-refractivity contribution < 1.29 is 9.90 Å². The van der Waals surface area contributed by atoms with Crippen LogP contribution in [-0.2, 0) is 17.9 Å². The van der Waals surface area contributed by atoms with Crippen molar-refractivity contribution in [1.82, 2.24) is 34.7 Å². The third-order valence-corrected chi connectivity index (χ3v) is 6.41. The number of carbonyl (C=O) groups is 1. The summed E-state index contributed by atoms with van der Waals surface area (Å²) in [6.45, 7) is 7.02. The Morgan fingerprint density at radius 3 is 2.37 bits per heavy atom. The molecular weight excluding hydrogens is 480 g/mol. The van der Waals surface area contributed by atoms with Crippen LogP contribution in [0.4, 0.5) is 0 Å². The fourth-order valence-electron chi connectivity index (χ4n) is 4.56. The molecular formula is C28H36N8O2. The van der Waals surface area contributed by atoms with E-state index in [0.717, 1.165) is 22.6 Å². The number of tetrazole rings is 1. The van der Waals surface area contributed by atoms with Gasteiger partial charge in [-0.3, -0.25) is 4.79 Å². The van der Waals surface area contributed by atoms with E-state index < -0.39 is 12.1 Å². The average molecular weight is 517 g/mol. The fraction of sp³-hybridized carbons (Fsp3) is 0.393. The third-order valence-electron chi connectivity index (χ3n) is 6.41. The van der Waals surface area contributed by atoms with Crippen molar-refractivity contribution in [3.8, 4) is 11.3 Å². The van der Waals surface area contributed by atoms with E-state index in [1.165, 1.54) is 11.1 Å². The van der Waals surface area contributed by atoms with Gasteiger partial charge in [0.1, 0.15) is 12.4 Å². The average Bonchev–Trinajstić information content (AvgIpc) is 3.56. The van der Waals surface area contributed by atoms with Gasteiger partial charge in [0.05, 0.1) is 18.3 Å². The summed E-state index contributed by atoms with van der Waals surface area (Å²) < 4.78 is 2.13.